The van der Waals surface area contributed by atoms with E-state index in [-0.39, 0.29) is 5.91 Å². The van der Waals surface area contributed by atoms with Crippen molar-refractivity contribution < 1.29 is 14.3 Å². The van der Waals surface area contributed by atoms with Crippen molar-refractivity contribution in [2.75, 3.05) is 12.4 Å². The molecule has 6 nitrogen and oxygen atoms in total. The Morgan fingerprint density at radius 3 is 2.83 bits per heavy atom. The van der Waals surface area contributed by atoms with Gasteiger partial charge in [0.2, 0.25) is 0 Å². The van der Waals surface area contributed by atoms with E-state index in [9.17, 15) is 9.59 Å². The van der Waals surface area contributed by atoms with Crippen LogP contribution in [-0.4, -0.2) is 28.8 Å². The van der Waals surface area contributed by atoms with Crippen LogP contribution >= 0.6 is 11.3 Å². The molecule has 0 radical (unpaired) electrons. The molecule has 23 heavy (non-hydrogen) atoms. The zero-order valence-corrected chi connectivity index (χ0v) is 13.5. The number of aromatic nitrogens is 2. The van der Waals surface area contributed by atoms with Gasteiger partial charge in [-0.1, -0.05) is 18.2 Å². The van der Waals surface area contributed by atoms with E-state index in [1.54, 1.807) is 16.9 Å². The molecule has 3 rings (SSSR count). The van der Waals surface area contributed by atoms with Crippen molar-refractivity contribution in [1.82, 2.24) is 9.78 Å². The molecule has 3 aromatic rings. The molecule has 2 aromatic heterocycles. The summed E-state index contributed by atoms with van der Waals surface area (Å²) in [5.41, 5.74) is 0.824. The van der Waals surface area contributed by atoms with Crippen molar-refractivity contribution in [3.05, 3.63) is 47.8 Å². The summed E-state index contributed by atoms with van der Waals surface area (Å²) in [6, 6.07) is 9.11. The molecule has 0 fully saturated rings. The van der Waals surface area contributed by atoms with E-state index < -0.39 is 5.97 Å². The summed E-state index contributed by atoms with van der Waals surface area (Å²) in [7, 11) is 1.33. The third-order valence-electron chi connectivity index (χ3n) is 3.46. The number of hydrogen-bond acceptors (Lipinski definition) is 5. The van der Waals surface area contributed by atoms with Crippen LogP contribution < -0.4 is 5.32 Å². The van der Waals surface area contributed by atoms with E-state index in [1.807, 2.05) is 31.2 Å². The van der Waals surface area contributed by atoms with E-state index in [0.29, 0.717) is 22.8 Å². The second-order valence-corrected chi connectivity index (χ2v) is 5.83. The van der Waals surface area contributed by atoms with Gasteiger partial charge in [-0.25, -0.2) is 4.79 Å². The van der Waals surface area contributed by atoms with E-state index in [0.717, 1.165) is 10.1 Å². The summed E-state index contributed by atoms with van der Waals surface area (Å²) in [5.74, 6) is -0.775. The topological polar surface area (TPSA) is 73.2 Å². The van der Waals surface area contributed by atoms with Gasteiger partial charge in [0.05, 0.1) is 7.11 Å². The van der Waals surface area contributed by atoms with Gasteiger partial charge in [0.1, 0.15) is 16.3 Å². The molecule has 0 saturated carbocycles. The molecule has 0 aliphatic carbocycles. The lowest BCUT2D eigenvalue weighted by Crippen LogP contribution is -2.18. The third-order valence-corrected chi connectivity index (χ3v) is 4.55. The lowest BCUT2D eigenvalue weighted by Gasteiger charge is -2.07. The first kappa shape index (κ1) is 15.2. The van der Waals surface area contributed by atoms with Crippen LogP contribution in [0.25, 0.3) is 10.1 Å². The number of amides is 1. The molecular weight excluding hydrogens is 314 g/mol. The minimum Gasteiger partial charge on any atom is -0.465 e. The quantitative estimate of drug-likeness (QED) is 0.746. The number of carbonyl (C=O) groups excluding carboxylic acids is 2. The Labute approximate surface area is 136 Å². The fourth-order valence-corrected chi connectivity index (χ4v) is 3.47. The van der Waals surface area contributed by atoms with Crippen LogP contribution in [0.4, 0.5) is 5.00 Å². The predicted molar refractivity (Wildman–Crippen MR) is 89.0 cm³/mol. The first-order valence-corrected chi connectivity index (χ1v) is 7.90. The lowest BCUT2D eigenvalue weighted by atomic mass is 10.1. The molecule has 118 valence electrons. The van der Waals surface area contributed by atoms with E-state index in [2.05, 4.69) is 10.4 Å². The van der Waals surface area contributed by atoms with Gasteiger partial charge >= 0.3 is 5.97 Å². The van der Waals surface area contributed by atoms with Gasteiger partial charge in [-0.2, -0.15) is 5.10 Å². The van der Waals surface area contributed by atoms with Gasteiger partial charge in [0.25, 0.3) is 5.91 Å². The smallest absolute Gasteiger partial charge is 0.341 e. The number of rotatable bonds is 4. The number of fused-ring (bicyclic) bond motifs is 1. The zero-order valence-electron chi connectivity index (χ0n) is 12.7. The molecule has 1 aromatic carbocycles. The summed E-state index contributed by atoms with van der Waals surface area (Å²) >= 11 is 1.34. The maximum absolute atomic E-state index is 12.5. The summed E-state index contributed by atoms with van der Waals surface area (Å²) < 4.78 is 7.37. The lowest BCUT2D eigenvalue weighted by molar-refractivity contribution is 0.0604. The number of nitrogens with one attached hydrogen (secondary N) is 1. The average molecular weight is 329 g/mol. The van der Waals surface area contributed by atoms with Gasteiger partial charge < -0.3 is 10.1 Å². The summed E-state index contributed by atoms with van der Waals surface area (Å²) in [4.78, 5) is 24.6. The zero-order chi connectivity index (χ0) is 16.4. The largest absolute Gasteiger partial charge is 0.465 e. The first-order valence-electron chi connectivity index (χ1n) is 7.08. The fourth-order valence-electron chi connectivity index (χ4n) is 2.38. The number of esters is 1. The Bertz CT molecular complexity index is 882. The Hall–Kier alpha value is -2.67. The minimum absolute atomic E-state index is 0.305. The normalized spacial score (nSPS) is 10.7. The first-order chi connectivity index (χ1) is 11.2. The third kappa shape index (κ3) is 2.70. The van der Waals surface area contributed by atoms with Gasteiger partial charge in [-0.3, -0.25) is 9.48 Å². The SMILES string of the molecule is CCn1nccc1C(=O)Nc1sc2ccccc2c1C(=O)OC. The average Bonchev–Trinajstić information content (AvgIpc) is 3.17. The van der Waals surface area contributed by atoms with Crippen LogP contribution in [0.1, 0.15) is 27.8 Å². The van der Waals surface area contributed by atoms with Crippen LogP contribution in [0.2, 0.25) is 0 Å². The number of carbonyl (C=O) groups is 2. The molecule has 0 aliphatic rings. The molecule has 1 N–H and O–H groups in total. The van der Waals surface area contributed by atoms with E-state index in [1.165, 1.54) is 18.4 Å². The monoisotopic (exact) mass is 329 g/mol. The summed E-state index contributed by atoms with van der Waals surface area (Å²) in [6.07, 6.45) is 1.57. The molecule has 0 spiro atoms. The Balaban J connectivity index is 2.02. The highest BCUT2D eigenvalue weighted by Crippen LogP contribution is 2.36. The highest BCUT2D eigenvalue weighted by molar-refractivity contribution is 7.23. The molecule has 2 heterocycles. The highest BCUT2D eigenvalue weighted by Gasteiger charge is 2.22. The van der Waals surface area contributed by atoms with Crippen molar-refractivity contribution in [2.24, 2.45) is 0 Å². The summed E-state index contributed by atoms with van der Waals surface area (Å²) in [6.45, 7) is 2.50. The maximum atomic E-state index is 12.5. The van der Waals surface area contributed by atoms with Crippen molar-refractivity contribution >= 4 is 38.3 Å². The number of benzene rings is 1. The number of aryl methyl sites for hydroxylation is 1. The van der Waals surface area contributed by atoms with Gasteiger partial charge in [0.15, 0.2) is 0 Å². The summed E-state index contributed by atoms with van der Waals surface area (Å²) in [5, 5.41) is 8.14. The number of nitrogens with zero attached hydrogens (tertiary/aromatic N) is 2. The predicted octanol–water partition coefficient (Wildman–Crippen LogP) is 3.16. The second kappa shape index (κ2) is 6.21. The standard InChI is InChI=1S/C16H15N3O3S/c1-3-19-11(8-9-17-19)14(20)18-15-13(16(21)22-2)10-6-4-5-7-12(10)23-15/h4-9H,3H2,1-2H3,(H,18,20). The number of methoxy groups -OCH3 is 1. The van der Waals surface area contributed by atoms with Crippen LogP contribution in [0.5, 0.6) is 0 Å². The van der Waals surface area contributed by atoms with Crippen molar-refractivity contribution in [2.45, 2.75) is 13.5 Å². The van der Waals surface area contributed by atoms with Crippen molar-refractivity contribution in [3.63, 3.8) is 0 Å². The van der Waals surface area contributed by atoms with Crippen LogP contribution in [0.3, 0.4) is 0 Å². The maximum Gasteiger partial charge on any atom is 0.341 e. The van der Waals surface area contributed by atoms with Gasteiger partial charge in [-0.15, -0.1) is 11.3 Å². The molecule has 1 amide bonds. The van der Waals surface area contributed by atoms with Crippen molar-refractivity contribution in [3.8, 4) is 0 Å². The number of thiophene rings is 1. The Morgan fingerprint density at radius 1 is 1.30 bits per heavy atom. The molecule has 0 atom stereocenters. The molecule has 0 bridgehead atoms. The van der Waals surface area contributed by atoms with Gasteiger partial charge in [0, 0.05) is 22.8 Å². The molecule has 0 saturated heterocycles. The number of hydrogen-bond donors (Lipinski definition) is 1. The number of ether oxygens (including phenoxy) is 1. The van der Waals surface area contributed by atoms with Crippen LogP contribution in [0.15, 0.2) is 36.5 Å². The highest BCUT2D eigenvalue weighted by atomic mass is 32.1. The van der Waals surface area contributed by atoms with Gasteiger partial charge in [-0.05, 0) is 19.1 Å². The Kier molecular flexibility index (Phi) is 4.12. The van der Waals surface area contributed by atoms with Crippen LogP contribution in [0, 0.1) is 0 Å². The number of anilines is 1. The molecule has 7 heteroatoms. The van der Waals surface area contributed by atoms with Crippen LogP contribution in [-0.2, 0) is 11.3 Å². The Morgan fingerprint density at radius 2 is 2.09 bits per heavy atom. The second-order valence-electron chi connectivity index (χ2n) is 4.78. The molecular formula is C16H15N3O3S. The molecule has 0 aliphatic heterocycles. The fraction of sp³-hybridized carbons (Fsp3) is 0.188. The minimum atomic E-state index is -0.471. The molecule has 0 unspecified atom stereocenters. The van der Waals surface area contributed by atoms with Crippen molar-refractivity contribution in [1.29, 1.82) is 0 Å². The van der Waals surface area contributed by atoms with E-state index >= 15 is 0 Å². The van der Waals surface area contributed by atoms with E-state index in [4.69, 9.17) is 4.74 Å².